The Morgan fingerprint density at radius 1 is 1.03 bits per heavy atom. The molecule has 1 aliphatic rings. The second-order valence-electron chi connectivity index (χ2n) is 7.58. The van der Waals surface area contributed by atoms with Gasteiger partial charge < -0.3 is 4.74 Å². The topological polar surface area (TPSA) is 38.2 Å². The first-order chi connectivity index (χ1) is 14.3. The molecule has 3 aromatic rings. The van der Waals surface area contributed by atoms with Gasteiger partial charge in [0.25, 0.3) is 0 Å². The number of halogens is 3. The minimum Gasteiger partial charge on any atom is -0.406 e. The van der Waals surface area contributed by atoms with Crippen LogP contribution >= 0.6 is 0 Å². The van der Waals surface area contributed by atoms with Crippen LogP contribution in [0.1, 0.15) is 34.8 Å². The van der Waals surface area contributed by atoms with Gasteiger partial charge in [-0.15, -0.1) is 13.2 Å². The first-order valence-electron chi connectivity index (χ1n) is 9.80. The monoisotopic (exact) mass is 413 g/mol. The molecule has 0 aliphatic carbocycles. The van der Waals surface area contributed by atoms with Crippen LogP contribution in [0.15, 0.2) is 54.6 Å². The third-order valence-corrected chi connectivity index (χ3v) is 5.34. The fraction of sp³-hybridized carbons (Fsp3) is 0.304. The molecule has 2 aromatic carbocycles. The highest BCUT2D eigenvalue weighted by atomic mass is 19.4. The first-order valence-corrected chi connectivity index (χ1v) is 9.80. The molecule has 30 heavy (non-hydrogen) atoms. The van der Waals surface area contributed by atoms with Crippen LogP contribution in [0.2, 0.25) is 0 Å². The summed E-state index contributed by atoms with van der Waals surface area (Å²) in [6.45, 7) is 2.72. The lowest BCUT2D eigenvalue weighted by Gasteiger charge is -2.28. The Morgan fingerprint density at radius 3 is 2.60 bits per heavy atom. The number of nitrogens with zero attached hydrogens (tertiary/aromatic N) is 3. The zero-order valence-electron chi connectivity index (χ0n) is 16.8. The Kier molecular flexibility index (Phi) is 5.47. The second-order valence-corrected chi connectivity index (χ2v) is 7.58. The van der Waals surface area contributed by atoms with Gasteiger partial charge in [-0.3, -0.25) is 4.90 Å². The molecule has 0 radical (unpaired) electrons. The van der Waals surface area contributed by atoms with Gasteiger partial charge in [0.05, 0.1) is 17.4 Å². The Bertz CT molecular complexity index is 1030. The zero-order valence-corrected chi connectivity index (χ0v) is 16.8. The minimum absolute atomic E-state index is 0.183. The Morgan fingerprint density at radius 2 is 1.87 bits per heavy atom. The van der Waals surface area contributed by atoms with Crippen molar-refractivity contribution in [3.05, 3.63) is 77.0 Å². The van der Waals surface area contributed by atoms with Crippen LogP contribution in [-0.2, 0) is 6.42 Å². The van der Waals surface area contributed by atoms with Gasteiger partial charge in [-0.25, -0.2) is 0 Å². The summed E-state index contributed by atoms with van der Waals surface area (Å²) in [5.41, 5.74) is 5.56. The molecule has 0 saturated carbocycles. The molecule has 0 fully saturated rings. The van der Waals surface area contributed by atoms with Crippen LogP contribution in [0.3, 0.4) is 0 Å². The maximum Gasteiger partial charge on any atom is 0.573 e. The molecular weight excluding hydrogens is 391 g/mol. The number of fused-ring (bicyclic) bond motifs is 1. The summed E-state index contributed by atoms with van der Waals surface area (Å²) in [5.74, 6) is -0.209. The van der Waals surface area contributed by atoms with Crippen molar-refractivity contribution in [3.63, 3.8) is 0 Å². The van der Waals surface area contributed by atoms with Crippen molar-refractivity contribution in [2.24, 2.45) is 0 Å². The first kappa shape index (κ1) is 20.3. The number of rotatable bonds is 3. The lowest BCUT2D eigenvalue weighted by Crippen LogP contribution is -2.25. The number of aryl methyl sites for hydroxylation is 2. The van der Waals surface area contributed by atoms with Gasteiger partial charge >= 0.3 is 6.36 Å². The quantitative estimate of drug-likeness (QED) is 0.583. The predicted octanol–water partition coefficient (Wildman–Crippen LogP) is 5.32. The van der Waals surface area contributed by atoms with Crippen molar-refractivity contribution in [1.82, 2.24) is 15.1 Å². The third-order valence-electron chi connectivity index (χ3n) is 5.34. The fourth-order valence-electron chi connectivity index (χ4n) is 3.99. The normalized spacial score (nSPS) is 17.3. The lowest BCUT2D eigenvalue weighted by atomic mass is 9.91. The number of hydrogen-bond donors (Lipinski definition) is 0. The van der Waals surface area contributed by atoms with E-state index in [1.165, 1.54) is 17.7 Å². The van der Waals surface area contributed by atoms with E-state index < -0.39 is 6.36 Å². The van der Waals surface area contributed by atoms with Crippen molar-refractivity contribution in [2.45, 2.75) is 32.2 Å². The highest BCUT2D eigenvalue weighted by Gasteiger charge is 2.32. The number of aromatic nitrogens is 2. The van der Waals surface area contributed by atoms with Gasteiger partial charge in [-0.2, -0.15) is 10.2 Å². The smallest absolute Gasteiger partial charge is 0.406 e. The third kappa shape index (κ3) is 4.46. The summed E-state index contributed by atoms with van der Waals surface area (Å²) in [4.78, 5) is 2.17. The molecule has 7 heteroatoms. The highest BCUT2D eigenvalue weighted by molar-refractivity contribution is 5.62. The fourth-order valence-corrected chi connectivity index (χ4v) is 3.99. The molecule has 1 aliphatic heterocycles. The van der Waals surface area contributed by atoms with E-state index in [1.54, 1.807) is 6.07 Å². The molecule has 0 saturated heterocycles. The van der Waals surface area contributed by atoms with E-state index in [9.17, 15) is 13.2 Å². The largest absolute Gasteiger partial charge is 0.573 e. The summed E-state index contributed by atoms with van der Waals surface area (Å²) in [7, 11) is 2.00. The molecule has 4 nitrogen and oxygen atoms in total. The zero-order chi connectivity index (χ0) is 21.3. The van der Waals surface area contributed by atoms with Crippen LogP contribution in [0.5, 0.6) is 5.75 Å². The Balaban J connectivity index is 1.78. The van der Waals surface area contributed by atoms with Crippen LogP contribution in [-0.4, -0.2) is 35.1 Å². The molecule has 1 atom stereocenters. The SMILES string of the molecule is Cc1ccc(-c2ccc3c(c2)C(c2cccc(OC(F)(F)F)c2)N(C)CCC3)nn1. The molecule has 2 heterocycles. The lowest BCUT2D eigenvalue weighted by molar-refractivity contribution is -0.274. The molecule has 0 amide bonds. The number of ether oxygens (including phenoxy) is 1. The number of hydrogen-bond acceptors (Lipinski definition) is 4. The maximum absolute atomic E-state index is 12.7. The molecule has 4 rings (SSSR count). The summed E-state index contributed by atoms with van der Waals surface area (Å²) >= 11 is 0. The van der Waals surface area contributed by atoms with Crippen LogP contribution < -0.4 is 4.74 Å². The van der Waals surface area contributed by atoms with Gasteiger partial charge in [0.15, 0.2) is 0 Å². The van der Waals surface area contributed by atoms with E-state index in [4.69, 9.17) is 0 Å². The molecule has 156 valence electrons. The highest BCUT2D eigenvalue weighted by Crippen LogP contribution is 2.37. The van der Waals surface area contributed by atoms with Gasteiger partial charge in [0.1, 0.15) is 5.75 Å². The average Bonchev–Trinajstić information content (AvgIpc) is 2.85. The van der Waals surface area contributed by atoms with Crippen molar-refractivity contribution in [2.75, 3.05) is 13.6 Å². The van der Waals surface area contributed by atoms with Crippen LogP contribution in [0.25, 0.3) is 11.3 Å². The van der Waals surface area contributed by atoms with Gasteiger partial charge in [-0.1, -0.05) is 24.3 Å². The predicted molar refractivity (Wildman–Crippen MR) is 108 cm³/mol. The average molecular weight is 413 g/mol. The number of benzene rings is 2. The van der Waals surface area contributed by atoms with Crippen LogP contribution in [0.4, 0.5) is 13.2 Å². The minimum atomic E-state index is -4.72. The Hall–Kier alpha value is -2.93. The molecule has 0 bridgehead atoms. The number of alkyl halides is 3. The Labute approximate surface area is 173 Å². The van der Waals surface area contributed by atoms with Crippen molar-refractivity contribution >= 4 is 0 Å². The molecule has 0 N–H and O–H groups in total. The van der Waals surface area contributed by atoms with Gasteiger partial charge in [-0.05, 0) is 80.4 Å². The molecule has 1 unspecified atom stereocenters. The van der Waals surface area contributed by atoms with E-state index in [0.29, 0.717) is 0 Å². The molecule has 1 aromatic heterocycles. The maximum atomic E-state index is 12.7. The van der Waals surface area contributed by atoms with Gasteiger partial charge in [0.2, 0.25) is 0 Å². The van der Waals surface area contributed by atoms with E-state index in [0.717, 1.165) is 47.5 Å². The second kappa shape index (κ2) is 8.07. The summed E-state index contributed by atoms with van der Waals surface area (Å²) in [6, 6.07) is 16.1. The van der Waals surface area contributed by atoms with Gasteiger partial charge in [0, 0.05) is 5.56 Å². The van der Waals surface area contributed by atoms with E-state index in [2.05, 4.69) is 32.0 Å². The van der Waals surface area contributed by atoms with Crippen molar-refractivity contribution in [3.8, 4) is 17.0 Å². The molecular formula is C23H22F3N3O. The summed E-state index contributed by atoms with van der Waals surface area (Å²) in [6.07, 6.45) is -2.83. The summed E-state index contributed by atoms with van der Waals surface area (Å²) < 4.78 is 42.3. The van der Waals surface area contributed by atoms with Crippen molar-refractivity contribution < 1.29 is 17.9 Å². The van der Waals surface area contributed by atoms with Crippen LogP contribution in [0, 0.1) is 6.92 Å². The van der Waals surface area contributed by atoms with E-state index >= 15 is 0 Å². The van der Waals surface area contributed by atoms with E-state index in [-0.39, 0.29) is 11.8 Å². The summed E-state index contributed by atoms with van der Waals surface area (Å²) in [5, 5.41) is 8.42. The van der Waals surface area contributed by atoms with Crippen molar-refractivity contribution in [1.29, 1.82) is 0 Å². The standard InChI is InChI=1S/C23H22F3N3O/c1-15-8-11-21(28-27-15)17-10-9-16-6-4-12-29(2)22(20(16)14-17)18-5-3-7-19(13-18)30-23(24,25)26/h3,5,7-11,13-14,22H,4,6,12H2,1-2H3. The molecule has 0 spiro atoms. The van der Waals surface area contributed by atoms with E-state index in [1.807, 2.05) is 38.2 Å².